The van der Waals surface area contributed by atoms with Crippen LogP contribution in [0.1, 0.15) is 28.0 Å². The van der Waals surface area contributed by atoms with Gasteiger partial charge in [-0.1, -0.05) is 0 Å². The molecule has 0 aliphatic heterocycles. The fraction of sp³-hybridized carbons (Fsp3) is 0.357. The van der Waals surface area contributed by atoms with Crippen molar-refractivity contribution in [1.29, 1.82) is 0 Å². The molecule has 102 valence electrons. The van der Waals surface area contributed by atoms with Gasteiger partial charge in [-0.15, -0.1) is 11.3 Å². The Hall–Kier alpha value is -1.59. The number of aliphatic hydroxyl groups excluding tert-OH is 1. The molecule has 0 radical (unpaired) electrons. The molecule has 0 aliphatic rings. The van der Waals surface area contributed by atoms with Crippen molar-refractivity contribution in [1.82, 2.24) is 9.88 Å². The lowest BCUT2D eigenvalue weighted by Crippen LogP contribution is -2.30. The van der Waals surface area contributed by atoms with Gasteiger partial charge in [-0.25, -0.2) is 0 Å². The van der Waals surface area contributed by atoms with Gasteiger partial charge in [0.1, 0.15) is 4.88 Å². The molecule has 1 amide bonds. The summed E-state index contributed by atoms with van der Waals surface area (Å²) in [5.41, 5.74) is 3.09. The van der Waals surface area contributed by atoms with Crippen LogP contribution < -0.4 is 5.32 Å². The molecule has 5 heteroatoms. The van der Waals surface area contributed by atoms with E-state index in [1.54, 1.807) is 6.92 Å². The number of thiophene rings is 1. The quantitative estimate of drug-likeness (QED) is 0.901. The van der Waals surface area contributed by atoms with Crippen LogP contribution in [0.3, 0.4) is 0 Å². The molecule has 0 spiro atoms. The van der Waals surface area contributed by atoms with Gasteiger partial charge in [-0.3, -0.25) is 4.79 Å². The van der Waals surface area contributed by atoms with Gasteiger partial charge in [-0.05, 0) is 44.4 Å². The topological polar surface area (TPSA) is 54.3 Å². The average molecular weight is 278 g/mol. The van der Waals surface area contributed by atoms with Crippen LogP contribution in [0.15, 0.2) is 23.6 Å². The number of nitrogens with one attached hydrogen (secondary N) is 1. The molecule has 19 heavy (non-hydrogen) atoms. The second kappa shape index (κ2) is 5.59. The lowest BCUT2D eigenvalue weighted by Gasteiger charge is -2.11. The second-order valence-electron chi connectivity index (χ2n) is 4.65. The van der Waals surface area contributed by atoms with E-state index in [1.165, 1.54) is 11.3 Å². The Bertz CT molecular complexity index is 565. The van der Waals surface area contributed by atoms with E-state index in [1.807, 2.05) is 37.4 Å². The van der Waals surface area contributed by atoms with Crippen molar-refractivity contribution in [3.8, 4) is 5.69 Å². The van der Waals surface area contributed by atoms with E-state index in [2.05, 4.69) is 9.88 Å². The summed E-state index contributed by atoms with van der Waals surface area (Å²) >= 11 is 1.41. The van der Waals surface area contributed by atoms with Gasteiger partial charge in [0.15, 0.2) is 0 Å². The number of aryl methyl sites for hydroxylation is 2. The lowest BCUT2D eigenvalue weighted by molar-refractivity contribution is 0.0928. The average Bonchev–Trinajstić information content (AvgIpc) is 2.93. The maximum Gasteiger partial charge on any atom is 0.263 e. The molecule has 2 rings (SSSR count). The zero-order valence-electron chi connectivity index (χ0n) is 11.3. The van der Waals surface area contributed by atoms with E-state index < -0.39 is 6.10 Å². The maximum atomic E-state index is 12.1. The van der Waals surface area contributed by atoms with Crippen LogP contribution in [-0.2, 0) is 0 Å². The molecule has 1 unspecified atom stereocenters. The summed E-state index contributed by atoms with van der Waals surface area (Å²) < 4.78 is 2.06. The summed E-state index contributed by atoms with van der Waals surface area (Å²) in [6, 6.07) is 6.01. The summed E-state index contributed by atoms with van der Waals surface area (Å²) in [7, 11) is 0. The molecule has 2 aromatic rings. The molecule has 2 heterocycles. The Balaban J connectivity index is 2.30. The molecule has 1 atom stereocenters. The number of nitrogens with zero attached hydrogens (tertiary/aromatic N) is 1. The van der Waals surface area contributed by atoms with Crippen molar-refractivity contribution in [3.05, 3.63) is 39.8 Å². The number of amides is 1. The Morgan fingerprint density at radius 3 is 2.58 bits per heavy atom. The van der Waals surface area contributed by atoms with E-state index in [4.69, 9.17) is 0 Å². The zero-order chi connectivity index (χ0) is 14.0. The number of hydrogen-bond donors (Lipinski definition) is 2. The summed E-state index contributed by atoms with van der Waals surface area (Å²) in [4.78, 5) is 12.8. The third-order valence-corrected chi connectivity index (χ3v) is 3.82. The smallest absolute Gasteiger partial charge is 0.263 e. The monoisotopic (exact) mass is 278 g/mol. The van der Waals surface area contributed by atoms with Gasteiger partial charge in [0.05, 0.1) is 11.8 Å². The standard InChI is InChI=1S/C14H18N2O2S/c1-9-4-5-10(2)16(9)12-6-7-19-13(12)14(18)15-8-11(3)17/h4-7,11,17H,8H2,1-3H3,(H,15,18). The predicted octanol–water partition coefficient (Wildman–Crippen LogP) is 2.27. The molecule has 0 aliphatic carbocycles. The highest BCUT2D eigenvalue weighted by molar-refractivity contribution is 7.12. The normalized spacial score (nSPS) is 12.4. The fourth-order valence-electron chi connectivity index (χ4n) is 2.02. The van der Waals surface area contributed by atoms with Gasteiger partial charge in [0.25, 0.3) is 5.91 Å². The second-order valence-corrected chi connectivity index (χ2v) is 5.56. The molecule has 2 aromatic heterocycles. The molecule has 0 saturated heterocycles. The molecular formula is C14H18N2O2S. The first-order valence-corrected chi connectivity index (χ1v) is 7.07. The number of hydrogen-bond acceptors (Lipinski definition) is 3. The number of aliphatic hydroxyl groups is 1. The maximum absolute atomic E-state index is 12.1. The highest BCUT2D eigenvalue weighted by atomic mass is 32.1. The fourth-order valence-corrected chi connectivity index (χ4v) is 2.81. The highest BCUT2D eigenvalue weighted by Gasteiger charge is 2.16. The molecule has 0 saturated carbocycles. The number of aromatic nitrogens is 1. The van der Waals surface area contributed by atoms with Crippen LogP contribution in [0.5, 0.6) is 0 Å². The molecule has 2 N–H and O–H groups in total. The largest absolute Gasteiger partial charge is 0.392 e. The van der Waals surface area contributed by atoms with E-state index in [-0.39, 0.29) is 12.5 Å². The first kappa shape index (κ1) is 13.8. The van der Waals surface area contributed by atoms with Crippen molar-refractivity contribution in [2.75, 3.05) is 6.54 Å². The number of carbonyl (C=O) groups is 1. The van der Waals surface area contributed by atoms with E-state index in [9.17, 15) is 9.90 Å². The van der Waals surface area contributed by atoms with Crippen LogP contribution in [0.25, 0.3) is 5.69 Å². The van der Waals surface area contributed by atoms with Gasteiger partial charge < -0.3 is 15.0 Å². The summed E-state index contributed by atoms with van der Waals surface area (Å²) in [5, 5.41) is 13.9. The van der Waals surface area contributed by atoms with Crippen molar-refractivity contribution >= 4 is 17.2 Å². The summed E-state index contributed by atoms with van der Waals surface area (Å²) in [5.74, 6) is -0.140. The molecule has 0 bridgehead atoms. The van der Waals surface area contributed by atoms with Crippen LogP contribution in [0.4, 0.5) is 0 Å². The van der Waals surface area contributed by atoms with Crippen molar-refractivity contribution in [3.63, 3.8) is 0 Å². The zero-order valence-corrected chi connectivity index (χ0v) is 12.1. The van der Waals surface area contributed by atoms with Crippen LogP contribution >= 0.6 is 11.3 Å². The predicted molar refractivity (Wildman–Crippen MR) is 77.1 cm³/mol. The minimum absolute atomic E-state index is 0.140. The van der Waals surface area contributed by atoms with Gasteiger partial charge in [0.2, 0.25) is 0 Å². The minimum atomic E-state index is -0.539. The van der Waals surface area contributed by atoms with Crippen LogP contribution in [0, 0.1) is 13.8 Å². The molecule has 4 nitrogen and oxygen atoms in total. The Kier molecular flexibility index (Phi) is 4.07. The first-order chi connectivity index (χ1) is 9.00. The summed E-state index contributed by atoms with van der Waals surface area (Å²) in [6.45, 7) is 5.94. The van der Waals surface area contributed by atoms with Crippen LogP contribution in [0.2, 0.25) is 0 Å². The Morgan fingerprint density at radius 1 is 1.37 bits per heavy atom. The van der Waals surface area contributed by atoms with Gasteiger partial charge in [0, 0.05) is 17.9 Å². The number of carbonyl (C=O) groups excluding carboxylic acids is 1. The molecule has 0 aromatic carbocycles. The third kappa shape index (κ3) is 2.88. The van der Waals surface area contributed by atoms with E-state index >= 15 is 0 Å². The molecule has 0 fully saturated rings. The minimum Gasteiger partial charge on any atom is -0.392 e. The summed E-state index contributed by atoms with van der Waals surface area (Å²) in [6.07, 6.45) is -0.539. The van der Waals surface area contributed by atoms with Gasteiger partial charge in [-0.2, -0.15) is 0 Å². The highest BCUT2D eigenvalue weighted by Crippen LogP contribution is 2.24. The van der Waals surface area contributed by atoms with Crippen molar-refractivity contribution in [2.24, 2.45) is 0 Å². The van der Waals surface area contributed by atoms with E-state index in [0.717, 1.165) is 17.1 Å². The van der Waals surface area contributed by atoms with Gasteiger partial charge >= 0.3 is 0 Å². The Labute approximate surface area is 116 Å². The van der Waals surface area contributed by atoms with E-state index in [0.29, 0.717) is 4.88 Å². The first-order valence-electron chi connectivity index (χ1n) is 6.19. The molecular weight excluding hydrogens is 260 g/mol. The Morgan fingerprint density at radius 2 is 2.00 bits per heavy atom. The van der Waals surface area contributed by atoms with Crippen LogP contribution in [-0.4, -0.2) is 28.2 Å². The van der Waals surface area contributed by atoms with Crippen molar-refractivity contribution < 1.29 is 9.90 Å². The van der Waals surface area contributed by atoms with Crippen molar-refractivity contribution in [2.45, 2.75) is 26.9 Å². The number of rotatable bonds is 4. The lowest BCUT2D eigenvalue weighted by atomic mass is 10.3. The third-order valence-electron chi connectivity index (χ3n) is 2.92. The SMILES string of the molecule is Cc1ccc(C)n1-c1ccsc1C(=O)NCC(C)O.